The molecule has 0 atom stereocenters. The SMILES string of the molecule is NC(=O)/C=C/c1ccc(/C=C/c2cc(O)cc(O)c2)cc1. The van der Waals surface area contributed by atoms with Crippen molar-refractivity contribution in [2.24, 2.45) is 5.73 Å². The minimum Gasteiger partial charge on any atom is -0.508 e. The summed E-state index contributed by atoms with van der Waals surface area (Å²) in [6.45, 7) is 0. The van der Waals surface area contributed by atoms with Gasteiger partial charge in [0.2, 0.25) is 5.91 Å². The van der Waals surface area contributed by atoms with Gasteiger partial charge in [-0.25, -0.2) is 0 Å². The highest BCUT2D eigenvalue weighted by atomic mass is 16.3. The molecule has 0 bridgehead atoms. The van der Waals surface area contributed by atoms with E-state index in [0.29, 0.717) is 5.56 Å². The van der Waals surface area contributed by atoms with Crippen LogP contribution < -0.4 is 5.73 Å². The molecule has 4 nitrogen and oxygen atoms in total. The number of primary amides is 1. The van der Waals surface area contributed by atoms with Crippen LogP contribution in [-0.4, -0.2) is 16.1 Å². The third-order valence-corrected chi connectivity index (χ3v) is 2.77. The van der Waals surface area contributed by atoms with Crippen LogP contribution in [-0.2, 0) is 4.79 Å². The van der Waals surface area contributed by atoms with E-state index < -0.39 is 5.91 Å². The molecule has 0 saturated carbocycles. The highest BCUT2D eigenvalue weighted by molar-refractivity contribution is 5.90. The number of hydrogen-bond donors (Lipinski definition) is 3. The van der Waals surface area contributed by atoms with Gasteiger partial charge in [0.05, 0.1) is 0 Å². The zero-order chi connectivity index (χ0) is 15.2. The predicted octanol–water partition coefficient (Wildman–Crippen LogP) is 2.77. The van der Waals surface area contributed by atoms with Crippen molar-refractivity contribution in [3.8, 4) is 11.5 Å². The van der Waals surface area contributed by atoms with Gasteiger partial charge in [0.15, 0.2) is 0 Å². The van der Waals surface area contributed by atoms with Gasteiger partial charge in [-0.2, -0.15) is 0 Å². The molecule has 0 aliphatic heterocycles. The summed E-state index contributed by atoms with van der Waals surface area (Å²) in [5, 5.41) is 18.8. The summed E-state index contributed by atoms with van der Waals surface area (Å²) in [5.74, 6) is -0.453. The summed E-state index contributed by atoms with van der Waals surface area (Å²) in [5.41, 5.74) is 7.56. The fourth-order valence-corrected chi connectivity index (χ4v) is 1.80. The molecule has 2 rings (SSSR count). The Hall–Kier alpha value is -3.01. The number of carbonyl (C=O) groups excluding carboxylic acids is 1. The van der Waals surface area contributed by atoms with Gasteiger partial charge in [-0.15, -0.1) is 0 Å². The molecular formula is C17H15NO3. The summed E-state index contributed by atoms with van der Waals surface area (Å²) in [6, 6.07) is 11.9. The second kappa shape index (κ2) is 6.43. The molecule has 0 unspecified atom stereocenters. The monoisotopic (exact) mass is 281 g/mol. The Morgan fingerprint density at radius 1 is 0.810 bits per heavy atom. The maximum absolute atomic E-state index is 10.6. The lowest BCUT2D eigenvalue weighted by Gasteiger charge is -1.99. The summed E-state index contributed by atoms with van der Waals surface area (Å²) >= 11 is 0. The number of nitrogens with two attached hydrogens (primary N) is 1. The average Bonchev–Trinajstić information content (AvgIpc) is 2.43. The van der Waals surface area contributed by atoms with E-state index in [2.05, 4.69) is 0 Å². The smallest absolute Gasteiger partial charge is 0.241 e. The largest absolute Gasteiger partial charge is 0.508 e. The van der Waals surface area contributed by atoms with Gasteiger partial charge in [-0.1, -0.05) is 36.4 Å². The molecule has 0 heterocycles. The maximum Gasteiger partial charge on any atom is 0.241 e. The number of carbonyl (C=O) groups is 1. The highest BCUT2D eigenvalue weighted by Gasteiger charge is 1.96. The van der Waals surface area contributed by atoms with E-state index in [9.17, 15) is 15.0 Å². The molecule has 0 saturated heterocycles. The van der Waals surface area contributed by atoms with Crippen molar-refractivity contribution in [3.05, 3.63) is 65.2 Å². The number of aromatic hydroxyl groups is 2. The van der Waals surface area contributed by atoms with E-state index in [1.165, 1.54) is 12.1 Å². The summed E-state index contributed by atoms with van der Waals surface area (Å²) in [6.07, 6.45) is 6.59. The third kappa shape index (κ3) is 4.54. The molecule has 2 aromatic rings. The Balaban J connectivity index is 2.12. The van der Waals surface area contributed by atoms with Crippen molar-refractivity contribution in [3.63, 3.8) is 0 Å². The number of phenols is 2. The molecule has 0 radical (unpaired) electrons. The van der Waals surface area contributed by atoms with Crippen LogP contribution >= 0.6 is 0 Å². The standard InChI is InChI=1S/C17H15NO3/c18-17(21)8-7-13-3-1-12(2-4-13)5-6-14-9-15(19)11-16(20)10-14/h1-11,19-20H,(H2,18,21)/b6-5+,8-7+. The Labute approximate surface area is 122 Å². The molecule has 21 heavy (non-hydrogen) atoms. The van der Waals surface area contributed by atoms with Gasteiger partial charge in [-0.3, -0.25) is 4.79 Å². The van der Waals surface area contributed by atoms with Crippen molar-refractivity contribution < 1.29 is 15.0 Å². The first kappa shape index (κ1) is 14.4. The quantitative estimate of drug-likeness (QED) is 0.595. The minimum atomic E-state index is -0.484. The van der Waals surface area contributed by atoms with Crippen LogP contribution in [0.25, 0.3) is 18.2 Å². The summed E-state index contributed by atoms with van der Waals surface area (Å²) < 4.78 is 0. The topological polar surface area (TPSA) is 83.6 Å². The first-order chi connectivity index (χ1) is 10.0. The zero-order valence-corrected chi connectivity index (χ0v) is 11.2. The van der Waals surface area contributed by atoms with E-state index in [0.717, 1.165) is 11.1 Å². The molecule has 0 aromatic heterocycles. The average molecular weight is 281 g/mol. The van der Waals surface area contributed by atoms with E-state index in [-0.39, 0.29) is 11.5 Å². The van der Waals surface area contributed by atoms with Crippen molar-refractivity contribution in [2.75, 3.05) is 0 Å². The predicted molar refractivity (Wildman–Crippen MR) is 83.4 cm³/mol. The van der Waals surface area contributed by atoms with E-state index in [4.69, 9.17) is 5.73 Å². The van der Waals surface area contributed by atoms with Crippen molar-refractivity contribution >= 4 is 24.1 Å². The number of phenolic OH excluding ortho intramolecular Hbond substituents is 2. The van der Waals surface area contributed by atoms with Crippen LogP contribution in [0, 0.1) is 0 Å². The minimum absolute atomic E-state index is 0.0154. The van der Waals surface area contributed by atoms with Gasteiger partial charge in [0.25, 0.3) is 0 Å². The van der Waals surface area contributed by atoms with Crippen LogP contribution in [0.5, 0.6) is 11.5 Å². The molecule has 0 aliphatic carbocycles. The molecule has 0 fully saturated rings. The van der Waals surface area contributed by atoms with Gasteiger partial charge in [0.1, 0.15) is 11.5 Å². The molecule has 4 heteroatoms. The Bertz CT molecular complexity index is 680. The van der Waals surface area contributed by atoms with Crippen LogP contribution in [0.3, 0.4) is 0 Å². The van der Waals surface area contributed by atoms with Crippen LogP contribution in [0.1, 0.15) is 16.7 Å². The fraction of sp³-hybridized carbons (Fsp3) is 0. The van der Waals surface area contributed by atoms with Crippen LogP contribution in [0.15, 0.2) is 48.5 Å². The van der Waals surface area contributed by atoms with E-state index in [1.54, 1.807) is 24.3 Å². The van der Waals surface area contributed by atoms with Crippen LogP contribution in [0.4, 0.5) is 0 Å². The fourth-order valence-electron chi connectivity index (χ4n) is 1.80. The van der Waals surface area contributed by atoms with Crippen molar-refractivity contribution in [1.82, 2.24) is 0 Å². The lowest BCUT2D eigenvalue weighted by molar-refractivity contribution is -0.113. The molecule has 0 aliphatic rings. The maximum atomic E-state index is 10.6. The van der Waals surface area contributed by atoms with E-state index >= 15 is 0 Å². The number of rotatable bonds is 4. The molecule has 0 spiro atoms. The Morgan fingerprint density at radius 3 is 1.81 bits per heavy atom. The molecular weight excluding hydrogens is 266 g/mol. The molecule has 106 valence electrons. The Morgan fingerprint density at radius 2 is 1.29 bits per heavy atom. The lowest BCUT2D eigenvalue weighted by atomic mass is 10.1. The molecule has 4 N–H and O–H groups in total. The summed E-state index contributed by atoms with van der Waals surface area (Å²) in [7, 11) is 0. The second-order valence-electron chi connectivity index (χ2n) is 4.52. The Kier molecular flexibility index (Phi) is 4.41. The van der Waals surface area contributed by atoms with Crippen molar-refractivity contribution in [2.45, 2.75) is 0 Å². The first-order valence-corrected chi connectivity index (χ1v) is 6.31. The normalized spacial score (nSPS) is 11.2. The number of amides is 1. The zero-order valence-electron chi connectivity index (χ0n) is 11.2. The van der Waals surface area contributed by atoms with E-state index in [1.807, 2.05) is 30.3 Å². The number of hydrogen-bond acceptors (Lipinski definition) is 3. The molecule has 1 amide bonds. The van der Waals surface area contributed by atoms with Crippen LogP contribution in [0.2, 0.25) is 0 Å². The first-order valence-electron chi connectivity index (χ1n) is 6.31. The highest BCUT2D eigenvalue weighted by Crippen LogP contribution is 2.22. The van der Waals surface area contributed by atoms with Gasteiger partial charge in [-0.05, 0) is 34.9 Å². The molecule has 2 aromatic carbocycles. The second-order valence-corrected chi connectivity index (χ2v) is 4.52. The third-order valence-electron chi connectivity index (χ3n) is 2.77. The lowest BCUT2D eigenvalue weighted by Crippen LogP contribution is -2.04. The van der Waals surface area contributed by atoms with Gasteiger partial charge < -0.3 is 15.9 Å². The van der Waals surface area contributed by atoms with Gasteiger partial charge >= 0.3 is 0 Å². The van der Waals surface area contributed by atoms with Gasteiger partial charge in [0, 0.05) is 12.1 Å². The number of benzene rings is 2. The summed E-state index contributed by atoms with van der Waals surface area (Å²) in [4.78, 5) is 10.6. The van der Waals surface area contributed by atoms with Crippen molar-refractivity contribution in [1.29, 1.82) is 0 Å².